The van der Waals surface area contributed by atoms with Crippen molar-refractivity contribution in [1.82, 2.24) is 9.88 Å². The van der Waals surface area contributed by atoms with Gasteiger partial charge in [-0.2, -0.15) is 0 Å². The minimum Gasteiger partial charge on any atom is -0.494 e. The molecule has 1 aliphatic heterocycles. The van der Waals surface area contributed by atoms with Gasteiger partial charge in [-0.05, 0) is 54.8 Å². The smallest absolute Gasteiger partial charge is 0.233 e. The molecule has 0 radical (unpaired) electrons. The first-order chi connectivity index (χ1) is 15.7. The second kappa shape index (κ2) is 9.13. The number of para-hydroxylation sites is 1. The normalized spacial score (nSPS) is 15.5. The SMILES string of the molecule is CCOc1ccc([C@@H]2c3[nH]c4ccccc4c3CCN2C(=O)CSc2ccccc2)cc1. The molecule has 0 unspecified atom stereocenters. The van der Waals surface area contributed by atoms with Crippen molar-refractivity contribution < 1.29 is 9.53 Å². The Morgan fingerprint density at radius 2 is 1.78 bits per heavy atom. The molecule has 1 amide bonds. The van der Waals surface area contributed by atoms with E-state index in [1.165, 1.54) is 10.9 Å². The van der Waals surface area contributed by atoms with Crippen molar-refractivity contribution >= 4 is 28.6 Å². The average molecular weight is 443 g/mol. The maximum atomic E-state index is 13.4. The topological polar surface area (TPSA) is 45.3 Å². The molecule has 0 bridgehead atoms. The molecule has 0 fully saturated rings. The van der Waals surface area contributed by atoms with Crippen molar-refractivity contribution in [3.63, 3.8) is 0 Å². The van der Waals surface area contributed by atoms with E-state index in [9.17, 15) is 4.79 Å². The van der Waals surface area contributed by atoms with Gasteiger partial charge in [0.1, 0.15) is 5.75 Å². The highest BCUT2D eigenvalue weighted by molar-refractivity contribution is 8.00. The molecule has 0 saturated heterocycles. The van der Waals surface area contributed by atoms with Crippen LogP contribution in [0.25, 0.3) is 10.9 Å². The van der Waals surface area contributed by atoms with Crippen LogP contribution in [0.1, 0.15) is 29.8 Å². The summed E-state index contributed by atoms with van der Waals surface area (Å²) in [5.74, 6) is 1.43. The summed E-state index contributed by atoms with van der Waals surface area (Å²) in [7, 11) is 0. The number of ether oxygens (including phenoxy) is 1. The molecule has 1 aromatic heterocycles. The van der Waals surface area contributed by atoms with E-state index < -0.39 is 0 Å². The number of nitrogens with one attached hydrogen (secondary N) is 1. The number of fused-ring (bicyclic) bond motifs is 3. The Kier molecular flexibility index (Phi) is 5.91. The number of amides is 1. The quantitative estimate of drug-likeness (QED) is 0.382. The fourth-order valence-electron chi connectivity index (χ4n) is 4.51. The van der Waals surface area contributed by atoms with Gasteiger partial charge in [-0.25, -0.2) is 0 Å². The number of aromatic amines is 1. The van der Waals surface area contributed by atoms with Gasteiger partial charge in [0.25, 0.3) is 0 Å². The van der Waals surface area contributed by atoms with Crippen molar-refractivity contribution in [1.29, 1.82) is 0 Å². The molecule has 4 aromatic rings. The number of rotatable bonds is 6. The van der Waals surface area contributed by atoms with Gasteiger partial charge in [-0.3, -0.25) is 4.79 Å². The Hall–Kier alpha value is -3.18. The lowest BCUT2D eigenvalue weighted by Crippen LogP contribution is -2.41. The minimum atomic E-state index is -0.134. The van der Waals surface area contributed by atoms with Crippen molar-refractivity contribution in [2.24, 2.45) is 0 Å². The third kappa shape index (κ3) is 4.00. The first kappa shape index (κ1) is 20.7. The summed E-state index contributed by atoms with van der Waals surface area (Å²) in [6, 6.07) is 26.5. The van der Waals surface area contributed by atoms with Gasteiger partial charge >= 0.3 is 0 Å². The molecule has 162 valence electrons. The molecule has 0 saturated carbocycles. The molecule has 0 aliphatic carbocycles. The van der Waals surface area contributed by atoms with Gasteiger partial charge in [-0.1, -0.05) is 48.5 Å². The van der Waals surface area contributed by atoms with E-state index in [0.29, 0.717) is 18.9 Å². The largest absolute Gasteiger partial charge is 0.494 e. The fraction of sp³-hybridized carbons (Fsp3) is 0.222. The number of benzene rings is 3. The number of thioether (sulfide) groups is 1. The lowest BCUT2D eigenvalue weighted by atomic mass is 9.92. The Balaban J connectivity index is 1.49. The summed E-state index contributed by atoms with van der Waals surface area (Å²) in [5.41, 5.74) is 4.67. The molecule has 1 atom stereocenters. The van der Waals surface area contributed by atoms with E-state index >= 15 is 0 Å². The fourth-order valence-corrected chi connectivity index (χ4v) is 5.32. The predicted molar refractivity (Wildman–Crippen MR) is 130 cm³/mol. The average Bonchev–Trinajstić information content (AvgIpc) is 3.22. The molecule has 2 heterocycles. The maximum absolute atomic E-state index is 13.4. The molecule has 1 N–H and O–H groups in total. The summed E-state index contributed by atoms with van der Waals surface area (Å²) in [5, 5.41) is 1.25. The second-order valence-corrected chi connectivity index (χ2v) is 8.96. The van der Waals surface area contributed by atoms with Crippen LogP contribution in [0.4, 0.5) is 0 Å². The summed E-state index contributed by atoms with van der Waals surface area (Å²) in [6.07, 6.45) is 0.856. The summed E-state index contributed by atoms with van der Waals surface area (Å²) < 4.78 is 5.64. The Morgan fingerprint density at radius 1 is 1.03 bits per heavy atom. The van der Waals surface area contributed by atoms with E-state index in [1.54, 1.807) is 11.8 Å². The van der Waals surface area contributed by atoms with E-state index in [-0.39, 0.29) is 11.9 Å². The molecule has 3 aromatic carbocycles. The number of carbonyl (C=O) groups is 1. The van der Waals surface area contributed by atoms with E-state index in [2.05, 4.69) is 41.4 Å². The second-order valence-electron chi connectivity index (χ2n) is 7.91. The van der Waals surface area contributed by atoms with Gasteiger partial charge in [0, 0.05) is 28.0 Å². The lowest BCUT2D eigenvalue weighted by Gasteiger charge is -2.36. The first-order valence-corrected chi connectivity index (χ1v) is 12.0. The molecule has 5 rings (SSSR count). The number of nitrogens with zero attached hydrogens (tertiary/aromatic N) is 1. The van der Waals surface area contributed by atoms with Crippen molar-refractivity contribution in [3.05, 3.63) is 95.7 Å². The number of hydrogen-bond acceptors (Lipinski definition) is 3. The Bertz CT molecular complexity index is 1220. The molecule has 32 heavy (non-hydrogen) atoms. The summed E-state index contributed by atoms with van der Waals surface area (Å²) in [6.45, 7) is 3.33. The van der Waals surface area contributed by atoms with Crippen LogP contribution in [0.15, 0.2) is 83.8 Å². The zero-order valence-corrected chi connectivity index (χ0v) is 18.9. The minimum absolute atomic E-state index is 0.134. The van der Waals surface area contributed by atoms with Gasteiger partial charge in [0.2, 0.25) is 5.91 Å². The zero-order valence-electron chi connectivity index (χ0n) is 18.1. The van der Waals surface area contributed by atoms with Crippen molar-refractivity contribution in [3.8, 4) is 5.75 Å². The van der Waals surface area contributed by atoms with Crippen LogP contribution >= 0.6 is 11.8 Å². The van der Waals surface area contributed by atoms with E-state index in [4.69, 9.17) is 4.74 Å². The standard InChI is InChI=1S/C27H26N2O2S/c1-2-31-20-14-12-19(13-15-20)27-26-23(22-10-6-7-11-24(22)28-26)16-17-29(27)25(30)18-32-21-8-4-3-5-9-21/h3-15,27-28H,2,16-18H2,1H3/t27-/m1/s1. The Morgan fingerprint density at radius 3 is 2.56 bits per heavy atom. The Labute approximate surface area is 192 Å². The molecular weight excluding hydrogens is 416 g/mol. The lowest BCUT2D eigenvalue weighted by molar-refractivity contribution is -0.130. The number of hydrogen-bond donors (Lipinski definition) is 1. The van der Waals surface area contributed by atoms with E-state index in [0.717, 1.165) is 33.8 Å². The van der Waals surface area contributed by atoms with Crippen LogP contribution < -0.4 is 4.74 Å². The number of aromatic nitrogens is 1. The highest BCUT2D eigenvalue weighted by Gasteiger charge is 2.34. The van der Waals surface area contributed by atoms with Crippen molar-refractivity contribution in [2.45, 2.75) is 24.3 Å². The van der Waals surface area contributed by atoms with Crippen LogP contribution in [-0.4, -0.2) is 34.7 Å². The number of H-pyrrole nitrogens is 1. The van der Waals surface area contributed by atoms with Gasteiger partial charge < -0.3 is 14.6 Å². The van der Waals surface area contributed by atoms with Gasteiger partial charge in [-0.15, -0.1) is 11.8 Å². The highest BCUT2D eigenvalue weighted by atomic mass is 32.2. The molecular formula is C27H26N2O2S. The van der Waals surface area contributed by atoms with Crippen LogP contribution in [0, 0.1) is 0 Å². The first-order valence-electron chi connectivity index (χ1n) is 11.0. The van der Waals surface area contributed by atoms with Crippen molar-refractivity contribution in [2.75, 3.05) is 18.9 Å². The highest BCUT2D eigenvalue weighted by Crippen LogP contribution is 2.39. The molecule has 5 heteroatoms. The third-order valence-electron chi connectivity index (χ3n) is 5.97. The molecule has 4 nitrogen and oxygen atoms in total. The number of carbonyl (C=O) groups excluding carboxylic acids is 1. The van der Waals surface area contributed by atoms with E-state index in [1.807, 2.05) is 54.3 Å². The summed E-state index contributed by atoms with van der Waals surface area (Å²) >= 11 is 1.59. The zero-order chi connectivity index (χ0) is 21.9. The molecule has 0 spiro atoms. The van der Waals surface area contributed by atoms with Gasteiger partial charge in [0.05, 0.1) is 18.4 Å². The molecule has 1 aliphatic rings. The van der Waals surface area contributed by atoms with Gasteiger partial charge in [0.15, 0.2) is 0 Å². The van der Waals surface area contributed by atoms with Crippen LogP contribution in [-0.2, 0) is 11.2 Å². The maximum Gasteiger partial charge on any atom is 0.233 e. The summed E-state index contributed by atoms with van der Waals surface area (Å²) in [4.78, 5) is 20.2. The van der Waals surface area contributed by atoms with Crippen LogP contribution in [0.2, 0.25) is 0 Å². The monoisotopic (exact) mass is 442 g/mol. The third-order valence-corrected chi connectivity index (χ3v) is 6.96. The van der Waals surface area contributed by atoms with Crippen LogP contribution in [0.5, 0.6) is 5.75 Å². The predicted octanol–water partition coefficient (Wildman–Crippen LogP) is 5.83. The van der Waals surface area contributed by atoms with Crippen LogP contribution in [0.3, 0.4) is 0 Å².